The molecule has 7 heteroatoms. The average Bonchev–Trinajstić information content (AvgIpc) is 3.02. The Morgan fingerprint density at radius 2 is 1.72 bits per heavy atom. The minimum Gasteiger partial charge on any atom is -0.508 e. The van der Waals surface area contributed by atoms with Crippen LogP contribution in [0, 0.1) is 0 Å². The lowest BCUT2D eigenvalue weighted by Crippen LogP contribution is -2.04. The Hall–Kier alpha value is -1.83. The van der Waals surface area contributed by atoms with Crippen LogP contribution < -0.4 is 0 Å². The molecule has 0 amide bonds. The van der Waals surface area contributed by atoms with Crippen LogP contribution in [0.1, 0.15) is 53.4 Å². The van der Waals surface area contributed by atoms with Gasteiger partial charge >= 0.3 is 0 Å². The Bertz CT molecular complexity index is 1030. The molecule has 0 radical (unpaired) electrons. The first-order valence-corrected chi connectivity index (χ1v) is 11.1. The van der Waals surface area contributed by atoms with E-state index < -0.39 is 0 Å². The molecule has 3 rings (SSSR count). The zero-order valence-electron chi connectivity index (χ0n) is 16.0. The van der Waals surface area contributed by atoms with Gasteiger partial charge in [-0.2, -0.15) is 0 Å². The maximum absolute atomic E-state index is 13.3. The second-order valence-corrected chi connectivity index (χ2v) is 8.63. The number of unbranched alkanes of at least 4 members (excludes halogenated alkanes) is 1. The quantitative estimate of drug-likeness (QED) is 0.253. The number of phenols is 2. The third-order valence-corrected chi connectivity index (χ3v) is 6.01. The standard InChI is InChI=1S/C22H22Br2O5/c1-2-5-18-20(21(27)13-8-15(23)22(28)16(24)9-13)14-11-17(26)12(6-3-4-7-25)10-19(14)29-18/h8-11,25-26,28H,2-7H2,1H3. The van der Waals surface area contributed by atoms with E-state index in [9.17, 15) is 15.0 Å². The SMILES string of the molecule is CCCc1oc2cc(CCCCO)c(O)cc2c1C(=O)c1cc(Br)c(O)c(Br)c1. The van der Waals surface area contributed by atoms with Gasteiger partial charge in [0.15, 0.2) is 5.78 Å². The fraction of sp³-hybridized carbons (Fsp3) is 0.318. The van der Waals surface area contributed by atoms with E-state index in [1.807, 2.05) is 6.92 Å². The number of fused-ring (bicyclic) bond motifs is 1. The summed E-state index contributed by atoms with van der Waals surface area (Å²) in [6.07, 6.45) is 3.42. The van der Waals surface area contributed by atoms with E-state index in [1.54, 1.807) is 24.3 Å². The van der Waals surface area contributed by atoms with Gasteiger partial charge in [0.25, 0.3) is 0 Å². The number of aliphatic hydroxyl groups is 1. The van der Waals surface area contributed by atoms with Gasteiger partial charge in [0, 0.05) is 24.0 Å². The van der Waals surface area contributed by atoms with Crippen molar-refractivity contribution in [1.82, 2.24) is 0 Å². The molecule has 154 valence electrons. The number of rotatable bonds is 8. The van der Waals surface area contributed by atoms with Crippen LogP contribution in [0.15, 0.2) is 37.6 Å². The lowest BCUT2D eigenvalue weighted by Gasteiger charge is -2.07. The first-order chi connectivity index (χ1) is 13.9. The fourth-order valence-electron chi connectivity index (χ4n) is 3.34. The molecule has 0 saturated carbocycles. The Labute approximate surface area is 185 Å². The molecule has 0 bridgehead atoms. The van der Waals surface area contributed by atoms with Crippen molar-refractivity contribution in [1.29, 1.82) is 0 Å². The monoisotopic (exact) mass is 524 g/mol. The summed E-state index contributed by atoms with van der Waals surface area (Å²) in [7, 11) is 0. The molecule has 0 saturated heterocycles. The van der Waals surface area contributed by atoms with E-state index in [2.05, 4.69) is 31.9 Å². The van der Waals surface area contributed by atoms with E-state index in [0.717, 1.165) is 18.4 Å². The number of carbonyl (C=O) groups excluding carboxylic acids is 1. The van der Waals surface area contributed by atoms with Gasteiger partial charge < -0.3 is 19.7 Å². The van der Waals surface area contributed by atoms with Gasteiger partial charge in [-0.3, -0.25) is 4.79 Å². The molecular weight excluding hydrogens is 504 g/mol. The molecule has 2 aromatic carbocycles. The summed E-state index contributed by atoms with van der Waals surface area (Å²) in [6.45, 7) is 2.12. The topological polar surface area (TPSA) is 90.9 Å². The lowest BCUT2D eigenvalue weighted by molar-refractivity contribution is 0.103. The van der Waals surface area contributed by atoms with Gasteiger partial charge in [0.05, 0.1) is 14.5 Å². The van der Waals surface area contributed by atoms with E-state index in [-0.39, 0.29) is 23.9 Å². The lowest BCUT2D eigenvalue weighted by atomic mass is 9.97. The number of aliphatic hydroxyl groups excluding tert-OH is 1. The van der Waals surface area contributed by atoms with Gasteiger partial charge in [-0.25, -0.2) is 0 Å². The minimum absolute atomic E-state index is 0.0255. The van der Waals surface area contributed by atoms with Crippen molar-refractivity contribution in [3.8, 4) is 11.5 Å². The number of furan rings is 1. The van der Waals surface area contributed by atoms with Crippen molar-refractivity contribution in [3.05, 3.63) is 55.7 Å². The van der Waals surface area contributed by atoms with E-state index in [4.69, 9.17) is 9.52 Å². The van der Waals surface area contributed by atoms with Crippen molar-refractivity contribution >= 4 is 48.6 Å². The van der Waals surface area contributed by atoms with Crippen molar-refractivity contribution in [3.63, 3.8) is 0 Å². The Kier molecular flexibility index (Phi) is 7.03. The predicted octanol–water partition coefficient (Wildman–Crippen LogP) is 5.87. The molecule has 1 aromatic heterocycles. The van der Waals surface area contributed by atoms with Crippen molar-refractivity contribution in [2.24, 2.45) is 0 Å². The third-order valence-electron chi connectivity index (χ3n) is 4.80. The predicted molar refractivity (Wildman–Crippen MR) is 119 cm³/mol. The van der Waals surface area contributed by atoms with Gasteiger partial charge in [-0.1, -0.05) is 6.92 Å². The number of carbonyl (C=O) groups is 1. The van der Waals surface area contributed by atoms with Crippen LogP contribution >= 0.6 is 31.9 Å². The zero-order chi connectivity index (χ0) is 21.1. The Morgan fingerprint density at radius 3 is 2.34 bits per heavy atom. The van der Waals surface area contributed by atoms with Crippen LogP contribution in [0.4, 0.5) is 0 Å². The number of halogens is 2. The highest BCUT2D eigenvalue weighted by Crippen LogP contribution is 2.37. The molecule has 0 unspecified atom stereocenters. The molecule has 0 aliphatic heterocycles. The number of hydrogen-bond acceptors (Lipinski definition) is 5. The van der Waals surface area contributed by atoms with Crippen molar-refractivity contribution in [2.75, 3.05) is 6.61 Å². The number of hydrogen-bond donors (Lipinski definition) is 3. The molecular formula is C22H22Br2O5. The summed E-state index contributed by atoms with van der Waals surface area (Å²) >= 11 is 6.53. The Morgan fingerprint density at radius 1 is 1.03 bits per heavy atom. The summed E-state index contributed by atoms with van der Waals surface area (Å²) in [6, 6.07) is 6.50. The smallest absolute Gasteiger partial charge is 0.197 e. The normalized spacial score (nSPS) is 11.3. The molecule has 5 nitrogen and oxygen atoms in total. The molecule has 0 atom stereocenters. The van der Waals surface area contributed by atoms with E-state index in [1.165, 1.54) is 0 Å². The van der Waals surface area contributed by atoms with Crippen LogP contribution in [0.3, 0.4) is 0 Å². The molecule has 1 heterocycles. The van der Waals surface area contributed by atoms with E-state index >= 15 is 0 Å². The van der Waals surface area contributed by atoms with Gasteiger partial charge in [-0.05, 0) is 87.4 Å². The first-order valence-electron chi connectivity index (χ1n) is 9.48. The second kappa shape index (κ2) is 9.32. The number of aromatic hydroxyl groups is 2. The summed E-state index contributed by atoms with van der Waals surface area (Å²) < 4.78 is 6.84. The maximum atomic E-state index is 13.3. The Balaban J connectivity index is 2.11. The molecule has 3 aromatic rings. The molecule has 3 N–H and O–H groups in total. The molecule has 0 spiro atoms. The average molecular weight is 526 g/mol. The molecule has 0 aliphatic carbocycles. The summed E-state index contributed by atoms with van der Waals surface area (Å²) in [5.74, 6) is 0.486. The highest BCUT2D eigenvalue weighted by Gasteiger charge is 2.24. The molecule has 0 aliphatic rings. The summed E-state index contributed by atoms with van der Waals surface area (Å²) in [4.78, 5) is 13.3. The van der Waals surface area contributed by atoms with Crippen LogP contribution in [-0.2, 0) is 12.8 Å². The van der Waals surface area contributed by atoms with Gasteiger partial charge in [-0.15, -0.1) is 0 Å². The van der Waals surface area contributed by atoms with Gasteiger partial charge in [0.1, 0.15) is 22.8 Å². The highest BCUT2D eigenvalue weighted by atomic mass is 79.9. The van der Waals surface area contributed by atoms with Crippen LogP contribution in [0.25, 0.3) is 11.0 Å². The first kappa shape index (κ1) is 21.9. The zero-order valence-corrected chi connectivity index (χ0v) is 19.1. The van der Waals surface area contributed by atoms with Crippen molar-refractivity contribution < 1.29 is 24.5 Å². The molecule has 0 fully saturated rings. The third kappa shape index (κ3) is 4.52. The molecule has 29 heavy (non-hydrogen) atoms. The summed E-state index contributed by atoms with van der Waals surface area (Å²) in [5.41, 5.74) is 2.12. The number of phenolic OH excluding ortho intramolecular Hbond substituents is 2. The number of aryl methyl sites for hydroxylation is 2. The number of ketones is 1. The minimum atomic E-state index is -0.235. The van der Waals surface area contributed by atoms with E-state index in [0.29, 0.717) is 56.1 Å². The number of benzene rings is 2. The van der Waals surface area contributed by atoms with Crippen LogP contribution in [0.5, 0.6) is 11.5 Å². The maximum Gasteiger partial charge on any atom is 0.197 e. The highest BCUT2D eigenvalue weighted by molar-refractivity contribution is 9.11. The van der Waals surface area contributed by atoms with Crippen molar-refractivity contribution in [2.45, 2.75) is 39.0 Å². The second-order valence-electron chi connectivity index (χ2n) is 6.93. The van der Waals surface area contributed by atoms with Crippen LogP contribution in [-0.4, -0.2) is 27.7 Å². The van der Waals surface area contributed by atoms with Crippen LogP contribution in [0.2, 0.25) is 0 Å². The largest absolute Gasteiger partial charge is 0.508 e. The van der Waals surface area contributed by atoms with Gasteiger partial charge in [0.2, 0.25) is 0 Å². The fourth-order valence-corrected chi connectivity index (χ4v) is 4.53. The summed E-state index contributed by atoms with van der Waals surface area (Å²) in [5, 5.41) is 30.0.